The van der Waals surface area contributed by atoms with E-state index in [0.717, 1.165) is 5.56 Å². The van der Waals surface area contributed by atoms with E-state index in [9.17, 15) is 10.1 Å². The van der Waals surface area contributed by atoms with Crippen molar-refractivity contribution in [3.05, 3.63) is 53.6 Å². The molecule has 0 fully saturated rings. The molecule has 0 saturated carbocycles. The van der Waals surface area contributed by atoms with E-state index in [4.69, 9.17) is 19.9 Å². The summed E-state index contributed by atoms with van der Waals surface area (Å²) in [6, 6.07) is 12.6. The lowest BCUT2D eigenvalue weighted by atomic mass is 9.96. The van der Waals surface area contributed by atoms with Crippen LogP contribution in [-0.2, 0) is 4.79 Å². The molecule has 2 aromatic rings. The lowest BCUT2D eigenvalue weighted by Crippen LogP contribution is -2.22. The highest BCUT2D eigenvalue weighted by atomic mass is 35.5. The lowest BCUT2D eigenvalue weighted by molar-refractivity contribution is -0.114. The number of benzene rings is 2. The maximum Gasteiger partial charge on any atom is 0.238 e. The van der Waals surface area contributed by atoms with Gasteiger partial charge in [0.05, 0.1) is 39.6 Å². The van der Waals surface area contributed by atoms with Crippen molar-refractivity contribution < 1.29 is 19.0 Å². The quantitative estimate of drug-likeness (QED) is 0.688. The topological polar surface area (TPSA) is 107 Å². The zero-order valence-corrected chi connectivity index (χ0v) is 16.6. The van der Waals surface area contributed by atoms with Crippen molar-refractivity contribution in [2.24, 2.45) is 5.73 Å². The minimum absolute atomic E-state index is 0. The van der Waals surface area contributed by atoms with E-state index in [2.05, 4.69) is 11.4 Å². The van der Waals surface area contributed by atoms with Crippen LogP contribution in [0.2, 0.25) is 0 Å². The predicted molar refractivity (Wildman–Crippen MR) is 110 cm³/mol. The van der Waals surface area contributed by atoms with Gasteiger partial charge in [0.25, 0.3) is 0 Å². The summed E-state index contributed by atoms with van der Waals surface area (Å²) in [5.41, 5.74) is 7.92. The fourth-order valence-corrected chi connectivity index (χ4v) is 2.54. The fraction of sp³-hybridized carbons (Fsp3) is 0.200. The Bertz CT molecular complexity index is 885. The van der Waals surface area contributed by atoms with Crippen molar-refractivity contribution in [3.8, 4) is 23.3 Å². The number of rotatable bonds is 7. The lowest BCUT2D eigenvalue weighted by Gasteiger charge is -2.15. The number of nitriles is 1. The zero-order chi connectivity index (χ0) is 19.8. The van der Waals surface area contributed by atoms with Crippen molar-refractivity contribution >= 4 is 29.6 Å². The molecule has 0 atom stereocenters. The first kappa shape index (κ1) is 22.8. The summed E-state index contributed by atoms with van der Waals surface area (Å²) in [5.74, 6) is 1.33. The maximum absolute atomic E-state index is 11.7. The summed E-state index contributed by atoms with van der Waals surface area (Å²) in [4.78, 5) is 11.7. The highest BCUT2D eigenvalue weighted by Crippen LogP contribution is 2.34. The number of carbonyl (C=O) groups is 1. The van der Waals surface area contributed by atoms with Gasteiger partial charge in [0.2, 0.25) is 5.91 Å². The monoisotopic (exact) mass is 403 g/mol. The van der Waals surface area contributed by atoms with Gasteiger partial charge >= 0.3 is 0 Å². The van der Waals surface area contributed by atoms with Crippen LogP contribution in [0.25, 0.3) is 5.57 Å². The van der Waals surface area contributed by atoms with E-state index in [0.29, 0.717) is 34.1 Å². The van der Waals surface area contributed by atoms with Crippen LogP contribution in [0.15, 0.2) is 42.5 Å². The Morgan fingerprint density at radius 3 is 2.21 bits per heavy atom. The number of anilines is 1. The van der Waals surface area contributed by atoms with Crippen LogP contribution in [0, 0.1) is 11.3 Å². The third kappa shape index (κ3) is 5.39. The van der Waals surface area contributed by atoms with Crippen LogP contribution in [0.5, 0.6) is 17.2 Å². The minimum atomic E-state index is -0.348. The summed E-state index contributed by atoms with van der Waals surface area (Å²) in [5, 5.41) is 12.0. The van der Waals surface area contributed by atoms with Crippen molar-refractivity contribution in [1.29, 1.82) is 5.26 Å². The first-order valence-corrected chi connectivity index (χ1v) is 8.07. The van der Waals surface area contributed by atoms with Crippen LogP contribution < -0.4 is 25.3 Å². The first-order valence-electron chi connectivity index (χ1n) is 8.07. The summed E-state index contributed by atoms with van der Waals surface area (Å²) >= 11 is 0. The molecule has 148 valence electrons. The van der Waals surface area contributed by atoms with Gasteiger partial charge in [-0.15, -0.1) is 12.4 Å². The smallest absolute Gasteiger partial charge is 0.238 e. The molecular weight excluding hydrogens is 382 g/mol. The van der Waals surface area contributed by atoms with E-state index >= 15 is 0 Å². The number of carbonyl (C=O) groups excluding carboxylic acids is 1. The molecule has 0 aromatic heterocycles. The Morgan fingerprint density at radius 1 is 1.07 bits per heavy atom. The van der Waals surface area contributed by atoms with Crippen molar-refractivity contribution in [1.82, 2.24) is 0 Å². The third-order valence-corrected chi connectivity index (χ3v) is 3.84. The number of amides is 1. The molecule has 8 heteroatoms. The molecular formula is C20H22ClN3O4. The molecule has 3 N–H and O–H groups in total. The van der Waals surface area contributed by atoms with Crippen LogP contribution >= 0.6 is 12.4 Å². The van der Waals surface area contributed by atoms with Gasteiger partial charge in [-0.3, -0.25) is 4.79 Å². The molecule has 0 heterocycles. The van der Waals surface area contributed by atoms with Crippen LogP contribution in [0.4, 0.5) is 5.69 Å². The van der Waals surface area contributed by atoms with Gasteiger partial charge in [-0.25, -0.2) is 0 Å². The molecule has 0 aliphatic carbocycles. The number of hydrogen-bond acceptors (Lipinski definition) is 6. The van der Waals surface area contributed by atoms with Crippen LogP contribution in [-0.4, -0.2) is 33.8 Å². The van der Waals surface area contributed by atoms with Gasteiger partial charge in [-0.05, 0) is 41.0 Å². The average molecular weight is 404 g/mol. The minimum Gasteiger partial charge on any atom is -0.497 e. The van der Waals surface area contributed by atoms with Gasteiger partial charge in [-0.2, -0.15) is 5.26 Å². The fourth-order valence-electron chi connectivity index (χ4n) is 2.54. The Hall–Kier alpha value is -3.21. The normalized spacial score (nSPS) is 10.3. The molecule has 7 nitrogen and oxygen atoms in total. The van der Waals surface area contributed by atoms with Gasteiger partial charge < -0.3 is 25.3 Å². The number of halogens is 1. The molecule has 2 rings (SSSR count). The number of ether oxygens (including phenoxy) is 3. The Balaban J connectivity index is 0.00000392. The Kier molecular flexibility index (Phi) is 8.82. The number of allylic oxidation sites excluding steroid dienone is 1. The molecule has 0 unspecified atom stereocenters. The molecule has 0 radical (unpaired) electrons. The SMILES string of the molecule is COc1cc(OC)cc(C(=CC#N)c2ccc(OC)c(NC(=O)CN)c2)c1.Cl. The molecule has 0 aliphatic rings. The molecule has 28 heavy (non-hydrogen) atoms. The number of hydrogen-bond donors (Lipinski definition) is 2. The van der Waals surface area contributed by atoms with Gasteiger partial charge in [0, 0.05) is 12.1 Å². The number of nitrogens with zero attached hydrogens (tertiary/aromatic N) is 1. The zero-order valence-electron chi connectivity index (χ0n) is 15.8. The number of nitrogens with one attached hydrogen (secondary N) is 1. The number of nitrogens with two attached hydrogens (primary N) is 1. The highest BCUT2D eigenvalue weighted by Gasteiger charge is 2.13. The van der Waals surface area contributed by atoms with Gasteiger partial charge in [0.15, 0.2) is 0 Å². The van der Waals surface area contributed by atoms with Crippen molar-refractivity contribution in [2.75, 3.05) is 33.2 Å². The van der Waals surface area contributed by atoms with Gasteiger partial charge in [0.1, 0.15) is 17.2 Å². The van der Waals surface area contributed by atoms with E-state index in [1.54, 1.807) is 50.6 Å². The molecule has 0 aliphatic heterocycles. The molecule has 0 bridgehead atoms. The summed E-state index contributed by atoms with van der Waals surface area (Å²) in [6.07, 6.45) is 1.42. The number of methoxy groups -OCH3 is 3. The molecule has 0 saturated heterocycles. The summed E-state index contributed by atoms with van der Waals surface area (Å²) in [7, 11) is 4.62. The predicted octanol–water partition coefficient (Wildman–Crippen LogP) is 2.99. The third-order valence-electron chi connectivity index (χ3n) is 3.84. The molecule has 0 spiro atoms. The Morgan fingerprint density at radius 2 is 1.71 bits per heavy atom. The largest absolute Gasteiger partial charge is 0.497 e. The van der Waals surface area contributed by atoms with E-state index < -0.39 is 0 Å². The standard InChI is InChI=1S/C20H21N3O4.ClH/c1-25-15-8-14(9-16(11-15)26-2)17(6-7-21)13-4-5-19(27-3)18(10-13)23-20(24)12-22;/h4-6,8-11H,12,22H2,1-3H3,(H,23,24);1H. The summed E-state index contributed by atoms with van der Waals surface area (Å²) < 4.78 is 15.9. The van der Waals surface area contributed by atoms with E-state index in [1.807, 2.05) is 0 Å². The molecule has 1 amide bonds. The summed E-state index contributed by atoms with van der Waals surface area (Å²) in [6.45, 7) is -0.151. The highest BCUT2D eigenvalue weighted by molar-refractivity contribution is 5.95. The maximum atomic E-state index is 11.7. The second-order valence-electron chi connectivity index (χ2n) is 5.46. The second-order valence-corrected chi connectivity index (χ2v) is 5.46. The van der Waals surface area contributed by atoms with Gasteiger partial charge in [-0.1, -0.05) is 6.07 Å². The Labute approximate surface area is 170 Å². The second kappa shape index (κ2) is 10.8. The average Bonchev–Trinajstić information content (AvgIpc) is 2.71. The van der Waals surface area contributed by atoms with E-state index in [1.165, 1.54) is 13.2 Å². The van der Waals surface area contributed by atoms with Crippen molar-refractivity contribution in [2.45, 2.75) is 0 Å². The van der Waals surface area contributed by atoms with Crippen LogP contribution in [0.1, 0.15) is 11.1 Å². The molecule has 2 aromatic carbocycles. The van der Waals surface area contributed by atoms with E-state index in [-0.39, 0.29) is 24.9 Å². The van der Waals surface area contributed by atoms with Crippen molar-refractivity contribution in [3.63, 3.8) is 0 Å². The van der Waals surface area contributed by atoms with Crippen LogP contribution in [0.3, 0.4) is 0 Å². The first-order chi connectivity index (χ1) is 13.1.